The molecule has 0 aromatic heterocycles. The fourth-order valence-corrected chi connectivity index (χ4v) is 6.03. The van der Waals surface area contributed by atoms with Gasteiger partial charge in [-0.15, -0.1) is 0 Å². The van der Waals surface area contributed by atoms with E-state index in [4.69, 9.17) is 9.05 Å². The number of allylic oxidation sites excluding steroid dienone is 3. The Kier molecular flexibility index (Phi) is 30.3. The first-order chi connectivity index (χ1) is 22.5. The van der Waals surface area contributed by atoms with Crippen LogP contribution in [-0.2, 0) is 18.4 Å². The van der Waals surface area contributed by atoms with Crippen LogP contribution < -0.4 is 5.32 Å². The van der Waals surface area contributed by atoms with Gasteiger partial charge in [-0.2, -0.15) is 0 Å². The third kappa shape index (κ3) is 33.3. The molecule has 0 spiro atoms. The molecule has 0 radical (unpaired) electrons. The summed E-state index contributed by atoms with van der Waals surface area (Å²) in [7, 11) is 1.55. The minimum Gasteiger partial charge on any atom is -0.387 e. The molecular formula is C38H76N2O6P+. The van der Waals surface area contributed by atoms with Gasteiger partial charge >= 0.3 is 7.82 Å². The molecule has 3 unspecified atom stereocenters. The van der Waals surface area contributed by atoms with Gasteiger partial charge in [-0.25, -0.2) is 4.57 Å². The van der Waals surface area contributed by atoms with Gasteiger partial charge in [0, 0.05) is 6.42 Å². The summed E-state index contributed by atoms with van der Waals surface area (Å²) in [5, 5.41) is 13.7. The average molecular weight is 688 g/mol. The molecule has 8 nitrogen and oxygen atoms in total. The molecule has 9 heteroatoms. The summed E-state index contributed by atoms with van der Waals surface area (Å²) in [4.78, 5) is 22.9. The van der Waals surface area contributed by atoms with E-state index in [1.165, 1.54) is 103 Å². The Morgan fingerprint density at radius 1 is 0.702 bits per heavy atom. The summed E-state index contributed by atoms with van der Waals surface area (Å²) >= 11 is 0. The molecule has 0 bridgehead atoms. The number of hydrogen-bond acceptors (Lipinski definition) is 5. The number of hydrogen-bond donors (Lipinski definition) is 3. The largest absolute Gasteiger partial charge is 0.472 e. The lowest BCUT2D eigenvalue weighted by Crippen LogP contribution is -2.45. The van der Waals surface area contributed by atoms with E-state index in [0.717, 1.165) is 38.5 Å². The number of likely N-dealkylation sites (N-methyl/N-ethyl adjacent to an activating group) is 1. The zero-order valence-corrected chi connectivity index (χ0v) is 32.2. The molecule has 0 fully saturated rings. The van der Waals surface area contributed by atoms with Gasteiger partial charge in [0.2, 0.25) is 5.91 Å². The smallest absolute Gasteiger partial charge is 0.387 e. The van der Waals surface area contributed by atoms with E-state index < -0.39 is 20.0 Å². The fourth-order valence-electron chi connectivity index (χ4n) is 5.29. The Morgan fingerprint density at radius 3 is 1.70 bits per heavy atom. The molecule has 0 aromatic carbocycles. The summed E-state index contributed by atoms with van der Waals surface area (Å²) in [5.41, 5.74) is 0. The van der Waals surface area contributed by atoms with Crippen LogP contribution in [0.4, 0.5) is 0 Å². The number of aliphatic hydroxyl groups is 1. The van der Waals surface area contributed by atoms with Crippen molar-refractivity contribution in [2.24, 2.45) is 0 Å². The van der Waals surface area contributed by atoms with Gasteiger partial charge in [0.1, 0.15) is 13.2 Å². The average Bonchev–Trinajstić information content (AvgIpc) is 3.01. The van der Waals surface area contributed by atoms with Crippen LogP contribution in [0.5, 0.6) is 0 Å². The highest BCUT2D eigenvalue weighted by Gasteiger charge is 2.27. The predicted molar refractivity (Wildman–Crippen MR) is 198 cm³/mol. The summed E-state index contributed by atoms with van der Waals surface area (Å²) in [6.07, 6.45) is 33.9. The van der Waals surface area contributed by atoms with Gasteiger partial charge in [-0.1, -0.05) is 147 Å². The number of carbonyl (C=O) groups excluding carboxylic acids is 1. The number of nitrogens with zero attached hydrogens (tertiary/aromatic N) is 1. The van der Waals surface area contributed by atoms with E-state index in [9.17, 15) is 19.4 Å². The predicted octanol–water partition coefficient (Wildman–Crippen LogP) is 9.80. The first kappa shape index (κ1) is 46.0. The number of phosphoric ester groups is 1. The van der Waals surface area contributed by atoms with Crippen molar-refractivity contribution in [3.8, 4) is 0 Å². The molecule has 0 saturated carbocycles. The Bertz CT molecular complexity index is 829. The molecule has 0 rings (SSSR count). The molecule has 0 heterocycles. The number of quaternary nitrogens is 1. The molecule has 1 amide bonds. The van der Waals surface area contributed by atoms with Crippen LogP contribution in [0.25, 0.3) is 0 Å². The first-order valence-electron chi connectivity index (χ1n) is 19.2. The van der Waals surface area contributed by atoms with Gasteiger partial charge in [-0.05, 0) is 32.1 Å². The van der Waals surface area contributed by atoms with Crippen LogP contribution in [0.2, 0.25) is 0 Å². The van der Waals surface area contributed by atoms with E-state index in [1.807, 2.05) is 27.2 Å². The maximum absolute atomic E-state index is 12.7. The topological polar surface area (TPSA) is 105 Å². The van der Waals surface area contributed by atoms with Gasteiger partial charge in [-0.3, -0.25) is 13.8 Å². The van der Waals surface area contributed by atoms with Gasteiger partial charge in [0.05, 0.1) is 39.9 Å². The number of amides is 1. The quantitative estimate of drug-likeness (QED) is 0.0269. The highest BCUT2D eigenvalue weighted by atomic mass is 31.2. The number of carbonyl (C=O) groups is 1. The third-order valence-electron chi connectivity index (χ3n) is 8.42. The van der Waals surface area contributed by atoms with Crippen molar-refractivity contribution in [3.63, 3.8) is 0 Å². The van der Waals surface area contributed by atoms with Crippen LogP contribution in [0, 0.1) is 0 Å². The Hall–Kier alpha value is -1.02. The highest BCUT2D eigenvalue weighted by molar-refractivity contribution is 7.47. The number of phosphoric acid groups is 1. The van der Waals surface area contributed by atoms with Crippen molar-refractivity contribution in [2.45, 2.75) is 174 Å². The fraction of sp³-hybridized carbons (Fsp3) is 0.868. The molecule has 0 aromatic rings. The third-order valence-corrected chi connectivity index (χ3v) is 9.41. The molecule has 0 aliphatic carbocycles. The maximum Gasteiger partial charge on any atom is 0.472 e. The lowest BCUT2D eigenvalue weighted by molar-refractivity contribution is -0.870. The van der Waals surface area contributed by atoms with Gasteiger partial charge in [0.25, 0.3) is 0 Å². The molecule has 0 saturated heterocycles. The normalized spacial score (nSPS) is 15.0. The van der Waals surface area contributed by atoms with Crippen molar-refractivity contribution in [3.05, 3.63) is 24.3 Å². The molecular weight excluding hydrogens is 611 g/mol. The SMILES string of the molecule is CCCCCCCCCCCC/C=C/CC/C=C/C(O)C(COP(=O)(O)OCC[N+](C)(C)C)NC(=O)CCCCCCCCCCC. The van der Waals surface area contributed by atoms with E-state index in [-0.39, 0.29) is 19.1 Å². The van der Waals surface area contributed by atoms with Gasteiger partial charge < -0.3 is 19.8 Å². The number of nitrogens with one attached hydrogen (secondary N) is 1. The lowest BCUT2D eigenvalue weighted by atomic mass is 10.1. The van der Waals surface area contributed by atoms with Crippen molar-refractivity contribution >= 4 is 13.7 Å². The highest BCUT2D eigenvalue weighted by Crippen LogP contribution is 2.43. The van der Waals surface area contributed by atoms with Crippen molar-refractivity contribution < 1.29 is 32.9 Å². The summed E-state index contributed by atoms with van der Waals surface area (Å²) in [6, 6.07) is -0.855. The molecule has 0 aliphatic heterocycles. The van der Waals surface area contributed by atoms with E-state index in [1.54, 1.807) is 6.08 Å². The monoisotopic (exact) mass is 688 g/mol. The summed E-state index contributed by atoms with van der Waals surface area (Å²) < 4.78 is 23.4. The molecule has 278 valence electrons. The zero-order valence-electron chi connectivity index (χ0n) is 31.3. The zero-order chi connectivity index (χ0) is 35.1. The van der Waals surface area contributed by atoms with E-state index >= 15 is 0 Å². The van der Waals surface area contributed by atoms with Crippen LogP contribution in [0.1, 0.15) is 162 Å². The van der Waals surface area contributed by atoms with Crippen molar-refractivity contribution in [1.29, 1.82) is 0 Å². The molecule has 0 aliphatic rings. The summed E-state index contributed by atoms with van der Waals surface area (Å²) in [6.45, 7) is 4.75. The van der Waals surface area contributed by atoms with E-state index in [0.29, 0.717) is 17.4 Å². The van der Waals surface area contributed by atoms with Crippen molar-refractivity contribution in [1.82, 2.24) is 5.32 Å². The number of aliphatic hydroxyl groups excluding tert-OH is 1. The first-order valence-corrected chi connectivity index (χ1v) is 20.7. The second-order valence-electron chi connectivity index (χ2n) is 14.3. The Morgan fingerprint density at radius 2 is 1.17 bits per heavy atom. The van der Waals surface area contributed by atoms with Crippen LogP contribution >= 0.6 is 7.82 Å². The maximum atomic E-state index is 12.7. The molecule has 3 atom stereocenters. The lowest BCUT2D eigenvalue weighted by Gasteiger charge is -2.25. The number of unbranched alkanes of at least 4 members (excludes halogenated alkanes) is 19. The minimum absolute atomic E-state index is 0.0576. The standard InChI is InChI=1S/C38H75N2O6P/c1-6-8-10-12-14-16-17-18-19-20-21-22-24-25-27-29-31-37(41)36(35-46-47(43,44)45-34-33-40(3,4)5)39-38(42)32-30-28-26-23-15-13-11-9-7-2/h22,24,29,31,36-37,41H,6-21,23,25-28,30,32-35H2,1-5H3,(H-,39,42,43,44)/p+1/b24-22+,31-29+. The molecule has 47 heavy (non-hydrogen) atoms. The molecule has 3 N–H and O–H groups in total. The van der Waals surface area contributed by atoms with Crippen LogP contribution in [0.3, 0.4) is 0 Å². The van der Waals surface area contributed by atoms with Crippen molar-refractivity contribution in [2.75, 3.05) is 40.9 Å². The van der Waals surface area contributed by atoms with Crippen LogP contribution in [-0.4, -0.2) is 73.4 Å². The van der Waals surface area contributed by atoms with E-state index in [2.05, 4.69) is 31.3 Å². The second kappa shape index (κ2) is 31.0. The van der Waals surface area contributed by atoms with Gasteiger partial charge in [0.15, 0.2) is 0 Å². The second-order valence-corrected chi connectivity index (χ2v) is 15.8. The minimum atomic E-state index is -4.33. The Labute approximate surface area is 290 Å². The Balaban J connectivity index is 4.56. The summed E-state index contributed by atoms with van der Waals surface area (Å²) in [5.74, 6) is -0.192. The number of rotatable bonds is 34. The van der Waals surface area contributed by atoms with Crippen LogP contribution in [0.15, 0.2) is 24.3 Å².